The van der Waals surface area contributed by atoms with Crippen molar-refractivity contribution in [1.82, 2.24) is 9.55 Å². The molecule has 0 N–H and O–H groups in total. The molecule has 0 unspecified atom stereocenters. The summed E-state index contributed by atoms with van der Waals surface area (Å²) < 4.78 is 25.3. The zero-order chi connectivity index (χ0) is 19.6. The Labute approximate surface area is 163 Å². The van der Waals surface area contributed by atoms with Crippen molar-refractivity contribution in [2.24, 2.45) is 0 Å². The van der Waals surface area contributed by atoms with Gasteiger partial charge in [0.25, 0.3) is 5.56 Å². The van der Waals surface area contributed by atoms with E-state index in [1.807, 2.05) is 0 Å². The molecule has 0 amide bonds. The van der Waals surface area contributed by atoms with Gasteiger partial charge in [0.2, 0.25) is 0 Å². The first-order chi connectivity index (χ1) is 12.9. The molecule has 3 rings (SSSR count). The summed E-state index contributed by atoms with van der Waals surface area (Å²) in [4.78, 5) is 30.1. The van der Waals surface area contributed by atoms with Crippen molar-refractivity contribution in [3.05, 3.63) is 61.7 Å². The predicted octanol–water partition coefficient (Wildman–Crippen LogP) is 3.41. The minimum atomic E-state index is -0.532. The first kappa shape index (κ1) is 19.5. The number of ether oxygens (including phenoxy) is 2. The summed E-state index contributed by atoms with van der Waals surface area (Å²) in [7, 11) is 1.51. The lowest BCUT2D eigenvalue weighted by molar-refractivity contribution is 0.0393. The van der Waals surface area contributed by atoms with Crippen molar-refractivity contribution >= 4 is 39.1 Å². The number of nitrogens with zero attached hydrogens (tertiary/aromatic N) is 2. The fourth-order valence-corrected chi connectivity index (χ4v) is 3.86. The molecule has 0 atom stereocenters. The van der Waals surface area contributed by atoms with Crippen molar-refractivity contribution in [2.45, 2.75) is 13.5 Å². The number of aryl methyl sites for hydroxylation is 1. The molecule has 2 aromatic heterocycles. The van der Waals surface area contributed by atoms with E-state index >= 15 is 0 Å². The van der Waals surface area contributed by atoms with Gasteiger partial charge in [0.15, 0.2) is 0 Å². The maximum absolute atomic E-state index is 14.0. The summed E-state index contributed by atoms with van der Waals surface area (Å²) in [6.45, 7) is 2.00. The van der Waals surface area contributed by atoms with Crippen molar-refractivity contribution in [1.29, 1.82) is 0 Å². The van der Waals surface area contributed by atoms with Crippen molar-refractivity contribution in [3.8, 4) is 0 Å². The van der Waals surface area contributed by atoms with E-state index in [1.165, 1.54) is 30.1 Å². The minimum Gasteiger partial charge on any atom is -0.459 e. The summed E-state index contributed by atoms with van der Waals surface area (Å²) >= 11 is 7.13. The lowest BCUT2D eigenvalue weighted by Crippen LogP contribution is -2.22. The fourth-order valence-electron chi connectivity index (χ4n) is 2.60. The SMILES string of the molecule is COCCOC(=O)c1sc2ncn(Cc3c(F)cccc3Cl)c(=O)c2c1C. The van der Waals surface area contributed by atoms with Crippen LogP contribution in [0, 0.1) is 12.7 Å². The zero-order valence-corrected chi connectivity index (χ0v) is 16.2. The Morgan fingerprint density at radius 1 is 1.37 bits per heavy atom. The van der Waals surface area contributed by atoms with E-state index in [4.69, 9.17) is 21.1 Å². The molecular weight excluding hydrogens is 395 g/mol. The number of carbonyl (C=O) groups excluding carboxylic acids is 1. The maximum atomic E-state index is 14.0. The lowest BCUT2D eigenvalue weighted by Gasteiger charge is -2.08. The van der Waals surface area contributed by atoms with Crippen LogP contribution in [0.3, 0.4) is 0 Å². The Balaban J connectivity index is 1.99. The molecule has 9 heteroatoms. The highest BCUT2D eigenvalue weighted by Gasteiger charge is 2.21. The molecule has 0 aliphatic rings. The molecule has 3 aromatic rings. The van der Waals surface area contributed by atoms with E-state index < -0.39 is 11.8 Å². The maximum Gasteiger partial charge on any atom is 0.348 e. The van der Waals surface area contributed by atoms with Gasteiger partial charge in [-0.25, -0.2) is 14.2 Å². The second-order valence-corrected chi connectivity index (χ2v) is 7.15. The highest BCUT2D eigenvalue weighted by atomic mass is 35.5. The van der Waals surface area contributed by atoms with Crippen LogP contribution in [0.1, 0.15) is 20.8 Å². The van der Waals surface area contributed by atoms with Gasteiger partial charge in [0, 0.05) is 17.7 Å². The van der Waals surface area contributed by atoms with Gasteiger partial charge in [0.05, 0.1) is 24.9 Å². The van der Waals surface area contributed by atoms with Gasteiger partial charge in [-0.2, -0.15) is 0 Å². The summed E-state index contributed by atoms with van der Waals surface area (Å²) in [5.41, 5.74) is 0.322. The third-order valence-electron chi connectivity index (χ3n) is 4.01. The number of methoxy groups -OCH3 is 1. The number of benzene rings is 1. The Kier molecular flexibility index (Phi) is 5.88. The summed E-state index contributed by atoms with van der Waals surface area (Å²) in [5.74, 6) is -1.03. The lowest BCUT2D eigenvalue weighted by atomic mass is 10.2. The number of hydrogen-bond acceptors (Lipinski definition) is 6. The number of carbonyl (C=O) groups is 1. The average Bonchev–Trinajstić information content (AvgIpc) is 2.97. The van der Waals surface area contributed by atoms with E-state index in [0.717, 1.165) is 11.3 Å². The van der Waals surface area contributed by atoms with Gasteiger partial charge in [-0.1, -0.05) is 17.7 Å². The quantitative estimate of drug-likeness (QED) is 0.460. The van der Waals surface area contributed by atoms with Crippen LogP contribution in [-0.4, -0.2) is 35.8 Å². The number of esters is 1. The normalized spacial score (nSPS) is 11.1. The van der Waals surface area contributed by atoms with Crippen LogP contribution in [-0.2, 0) is 16.0 Å². The van der Waals surface area contributed by atoms with E-state index in [1.54, 1.807) is 13.0 Å². The molecule has 0 aliphatic carbocycles. The smallest absolute Gasteiger partial charge is 0.348 e. The second kappa shape index (κ2) is 8.16. The number of thiophene rings is 1. The van der Waals surface area contributed by atoms with E-state index in [9.17, 15) is 14.0 Å². The molecule has 0 saturated heterocycles. The van der Waals surface area contributed by atoms with Crippen molar-refractivity contribution in [3.63, 3.8) is 0 Å². The molecule has 0 bridgehead atoms. The van der Waals surface area contributed by atoms with Gasteiger partial charge in [-0.3, -0.25) is 9.36 Å². The first-order valence-electron chi connectivity index (χ1n) is 8.01. The van der Waals surface area contributed by atoms with Gasteiger partial charge >= 0.3 is 5.97 Å². The topological polar surface area (TPSA) is 70.4 Å². The molecule has 0 fully saturated rings. The molecule has 1 aromatic carbocycles. The molecule has 0 aliphatic heterocycles. The Hall–Kier alpha value is -2.29. The van der Waals surface area contributed by atoms with Crippen LogP contribution < -0.4 is 5.56 Å². The monoisotopic (exact) mass is 410 g/mol. The molecule has 142 valence electrons. The van der Waals surface area contributed by atoms with Crippen molar-refractivity contribution < 1.29 is 18.7 Å². The summed E-state index contributed by atoms with van der Waals surface area (Å²) in [6.07, 6.45) is 1.32. The van der Waals surface area contributed by atoms with Gasteiger partial charge in [-0.15, -0.1) is 11.3 Å². The number of fused-ring (bicyclic) bond motifs is 1. The molecule has 27 heavy (non-hydrogen) atoms. The van der Waals surface area contributed by atoms with Crippen LogP contribution in [0.25, 0.3) is 10.2 Å². The van der Waals surface area contributed by atoms with Crippen LogP contribution in [0.4, 0.5) is 4.39 Å². The molecule has 6 nitrogen and oxygen atoms in total. The zero-order valence-electron chi connectivity index (χ0n) is 14.6. The fraction of sp³-hybridized carbons (Fsp3) is 0.278. The molecule has 0 saturated carbocycles. The molecule has 0 spiro atoms. The summed E-state index contributed by atoms with van der Waals surface area (Å²) in [6, 6.07) is 4.33. The van der Waals surface area contributed by atoms with Gasteiger partial charge in [-0.05, 0) is 24.6 Å². The van der Waals surface area contributed by atoms with Crippen LogP contribution in [0.15, 0.2) is 29.3 Å². The Bertz CT molecular complexity index is 1040. The van der Waals surface area contributed by atoms with Gasteiger partial charge < -0.3 is 9.47 Å². The highest BCUT2D eigenvalue weighted by molar-refractivity contribution is 7.20. The standard InChI is InChI=1S/C18H16ClFN2O4S/c1-10-14-16(27-15(10)18(24)26-7-6-25-2)21-9-22(17(14)23)8-11-12(19)4-3-5-13(11)20/h3-5,9H,6-8H2,1-2H3. The van der Waals surface area contributed by atoms with Crippen LogP contribution >= 0.6 is 22.9 Å². The molecule has 2 heterocycles. The Morgan fingerprint density at radius 3 is 2.85 bits per heavy atom. The van der Waals surface area contributed by atoms with E-state index in [-0.39, 0.29) is 35.9 Å². The minimum absolute atomic E-state index is 0.0593. The second-order valence-electron chi connectivity index (χ2n) is 5.74. The van der Waals surface area contributed by atoms with Gasteiger partial charge in [0.1, 0.15) is 22.1 Å². The Morgan fingerprint density at radius 2 is 2.15 bits per heavy atom. The number of aromatic nitrogens is 2. The average molecular weight is 411 g/mol. The third-order valence-corrected chi connectivity index (χ3v) is 5.55. The van der Waals surface area contributed by atoms with E-state index in [2.05, 4.69) is 4.98 Å². The predicted molar refractivity (Wildman–Crippen MR) is 101 cm³/mol. The molecule has 0 radical (unpaired) electrons. The molecular formula is C18H16ClFN2O4S. The first-order valence-corrected chi connectivity index (χ1v) is 9.21. The number of hydrogen-bond donors (Lipinski definition) is 0. The summed E-state index contributed by atoms with van der Waals surface area (Å²) in [5, 5.41) is 0.542. The largest absolute Gasteiger partial charge is 0.459 e. The van der Waals surface area contributed by atoms with Crippen LogP contribution in [0.2, 0.25) is 5.02 Å². The number of rotatable bonds is 6. The van der Waals surface area contributed by atoms with E-state index in [0.29, 0.717) is 20.7 Å². The van der Waals surface area contributed by atoms with Crippen molar-refractivity contribution in [2.75, 3.05) is 20.3 Å². The number of halogens is 2. The third kappa shape index (κ3) is 3.87. The van der Waals surface area contributed by atoms with Crippen LogP contribution in [0.5, 0.6) is 0 Å². The highest BCUT2D eigenvalue weighted by Crippen LogP contribution is 2.28.